The minimum atomic E-state index is 0.252. The third-order valence-corrected chi connectivity index (χ3v) is 4.43. The lowest BCUT2D eigenvalue weighted by atomic mass is 10.1. The molecule has 0 aromatic heterocycles. The first kappa shape index (κ1) is 15.1. The van der Waals surface area contributed by atoms with Gasteiger partial charge in [0.15, 0.2) is 0 Å². The lowest BCUT2D eigenvalue weighted by molar-refractivity contribution is 0.266. The number of hydrogen-bond acceptors (Lipinski definition) is 2. The monoisotopic (exact) mass is 300 g/mol. The first-order valence-corrected chi connectivity index (χ1v) is 7.68. The highest BCUT2D eigenvalue weighted by atomic mass is 35.5. The molecule has 1 N–H and O–H groups in total. The Morgan fingerprint density at radius 3 is 2.58 bits per heavy atom. The van der Waals surface area contributed by atoms with Crippen molar-refractivity contribution >= 4 is 23.2 Å². The molecule has 1 aromatic carbocycles. The Hall–Kier alpha value is -0.280. The first-order chi connectivity index (χ1) is 8.97. The molecule has 1 aromatic rings. The van der Waals surface area contributed by atoms with E-state index in [9.17, 15) is 0 Å². The molecule has 1 aliphatic rings. The molecule has 2 atom stereocenters. The standard InChI is InChI=1S/C15H22Cl2N2/c1-10(2)19-7-6-13(9-19)18-11(3)14-5-4-12(16)8-15(14)17/h4-5,8,10-11,13,18H,6-7,9H2,1-3H3. The van der Waals surface area contributed by atoms with E-state index < -0.39 is 0 Å². The van der Waals surface area contributed by atoms with E-state index >= 15 is 0 Å². The first-order valence-electron chi connectivity index (χ1n) is 6.92. The molecule has 0 bridgehead atoms. The average Bonchev–Trinajstić information content (AvgIpc) is 2.77. The second-order valence-electron chi connectivity index (χ2n) is 5.63. The molecule has 1 aliphatic heterocycles. The van der Waals surface area contributed by atoms with E-state index in [-0.39, 0.29) is 6.04 Å². The maximum Gasteiger partial charge on any atom is 0.0468 e. The summed E-state index contributed by atoms with van der Waals surface area (Å²) in [5.41, 5.74) is 1.12. The van der Waals surface area contributed by atoms with Crippen molar-refractivity contribution in [3.05, 3.63) is 33.8 Å². The number of likely N-dealkylation sites (tertiary alicyclic amines) is 1. The van der Waals surface area contributed by atoms with Crippen LogP contribution in [0.1, 0.15) is 38.8 Å². The molecule has 2 unspecified atom stereocenters. The van der Waals surface area contributed by atoms with E-state index in [2.05, 4.69) is 31.0 Å². The van der Waals surface area contributed by atoms with E-state index in [0.717, 1.165) is 17.1 Å². The van der Waals surface area contributed by atoms with Crippen LogP contribution >= 0.6 is 23.2 Å². The van der Waals surface area contributed by atoms with Crippen LogP contribution in [0.25, 0.3) is 0 Å². The van der Waals surface area contributed by atoms with Gasteiger partial charge in [-0.2, -0.15) is 0 Å². The predicted molar refractivity (Wildman–Crippen MR) is 83.1 cm³/mol. The summed E-state index contributed by atoms with van der Waals surface area (Å²) in [6.45, 7) is 8.96. The Labute approximate surface area is 126 Å². The summed E-state index contributed by atoms with van der Waals surface area (Å²) in [5, 5.41) is 5.10. The molecule has 1 fully saturated rings. The van der Waals surface area contributed by atoms with Crippen LogP contribution in [0.5, 0.6) is 0 Å². The summed E-state index contributed by atoms with van der Waals surface area (Å²) in [6.07, 6.45) is 1.20. The van der Waals surface area contributed by atoms with E-state index in [1.807, 2.05) is 18.2 Å². The van der Waals surface area contributed by atoms with Gasteiger partial charge in [0.2, 0.25) is 0 Å². The molecule has 19 heavy (non-hydrogen) atoms. The average molecular weight is 301 g/mol. The lowest BCUT2D eigenvalue weighted by Crippen LogP contribution is -2.36. The van der Waals surface area contributed by atoms with E-state index in [0.29, 0.717) is 17.1 Å². The minimum absolute atomic E-state index is 0.252. The summed E-state index contributed by atoms with van der Waals surface area (Å²) in [4.78, 5) is 2.51. The van der Waals surface area contributed by atoms with Gasteiger partial charge in [0.05, 0.1) is 0 Å². The van der Waals surface area contributed by atoms with Crippen LogP contribution in [0.2, 0.25) is 10.0 Å². The van der Waals surface area contributed by atoms with Crippen molar-refractivity contribution in [2.45, 2.75) is 45.3 Å². The number of nitrogens with one attached hydrogen (secondary N) is 1. The number of halogens is 2. The molecule has 2 rings (SSSR count). The van der Waals surface area contributed by atoms with E-state index in [1.165, 1.54) is 13.0 Å². The normalized spacial score (nSPS) is 22.1. The molecule has 0 amide bonds. The SMILES string of the molecule is CC(NC1CCN(C(C)C)C1)c1ccc(Cl)cc1Cl. The van der Waals surface area contributed by atoms with Crippen molar-refractivity contribution in [1.29, 1.82) is 0 Å². The Kier molecular flexibility index (Phi) is 5.13. The van der Waals surface area contributed by atoms with Crippen LogP contribution in [0, 0.1) is 0 Å². The molecule has 0 radical (unpaired) electrons. The van der Waals surface area contributed by atoms with Crippen molar-refractivity contribution in [3.8, 4) is 0 Å². The predicted octanol–water partition coefficient (Wildman–Crippen LogP) is 4.13. The Bertz CT molecular complexity index is 434. The second kappa shape index (κ2) is 6.45. The molecular formula is C15H22Cl2N2. The van der Waals surface area contributed by atoms with Gasteiger partial charge in [-0.15, -0.1) is 0 Å². The number of hydrogen-bond donors (Lipinski definition) is 1. The Morgan fingerprint density at radius 1 is 1.26 bits per heavy atom. The zero-order chi connectivity index (χ0) is 14.0. The highest BCUT2D eigenvalue weighted by Gasteiger charge is 2.25. The van der Waals surface area contributed by atoms with Gasteiger partial charge < -0.3 is 5.32 Å². The minimum Gasteiger partial charge on any atom is -0.306 e. The van der Waals surface area contributed by atoms with Gasteiger partial charge in [0.1, 0.15) is 0 Å². The largest absolute Gasteiger partial charge is 0.306 e. The van der Waals surface area contributed by atoms with Crippen LogP contribution in [-0.2, 0) is 0 Å². The maximum absolute atomic E-state index is 6.25. The van der Waals surface area contributed by atoms with Gasteiger partial charge in [-0.1, -0.05) is 29.3 Å². The van der Waals surface area contributed by atoms with Crippen molar-refractivity contribution < 1.29 is 0 Å². The molecule has 106 valence electrons. The smallest absolute Gasteiger partial charge is 0.0468 e. The summed E-state index contributed by atoms with van der Waals surface area (Å²) < 4.78 is 0. The van der Waals surface area contributed by atoms with Crippen molar-refractivity contribution in [1.82, 2.24) is 10.2 Å². The van der Waals surface area contributed by atoms with Gasteiger partial charge in [0, 0.05) is 34.7 Å². The van der Waals surface area contributed by atoms with Crippen molar-refractivity contribution in [3.63, 3.8) is 0 Å². The zero-order valence-corrected chi connectivity index (χ0v) is 13.3. The number of rotatable bonds is 4. The van der Waals surface area contributed by atoms with Crippen LogP contribution < -0.4 is 5.32 Å². The highest BCUT2D eigenvalue weighted by molar-refractivity contribution is 6.35. The second-order valence-corrected chi connectivity index (χ2v) is 6.47. The molecule has 0 aliphatic carbocycles. The summed E-state index contributed by atoms with van der Waals surface area (Å²) in [7, 11) is 0. The fourth-order valence-electron chi connectivity index (χ4n) is 2.69. The molecule has 1 saturated heterocycles. The maximum atomic E-state index is 6.25. The fourth-order valence-corrected chi connectivity index (χ4v) is 3.26. The molecule has 0 spiro atoms. The molecular weight excluding hydrogens is 279 g/mol. The van der Waals surface area contributed by atoms with E-state index in [1.54, 1.807) is 0 Å². The van der Waals surface area contributed by atoms with Gasteiger partial charge in [0.25, 0.3) is 0 Å². The topological polar surface area (TPSA) is 15.3 Å². The Morgan fingerprint density at radius 2 is 2.00 bits per heavy atom. The molecule has 4 heteroatoms. The quantitative estimate of drug-likeness (QED) is 0.899. The highest BCUT2D eigenvalue weighted by Crippen LogP contribution is 2.27. The molecule has 1 heterocycles. The third kappa shape index (κ3) is 3.85. The van der Waals surface area contributed by atoms with Gasteiger partial charge >= 0.3 is 0 Å². The van der Waals surface area contributed by atoms with Gasteiger partial charge in [-0.25, -0.2) is 0 Å². The zero-order valence-electron chi connectivity index (χ0n) is 11.8. The molecule has 2 nitrogen and oxygen atoms in total. The molecule has 0 saturated carbocycles. The Balaban J connectivity index is 1.96. The summed E-state index contributed by atoms with van der Waals surface area (Å²) >= 11 is 12.2. The summed E-state index contributed by atoms with van der Waals surface area (Å²) in [6, 6.07) is 7.14. The van der Waals surface area contributed by atoms with Crippen molar-refractivity contribution in [2.75, 3.05) is 13.1 Å². The van der Waals surface area contributed by atoms with Crippen molar-refractivity contribution in [2.24, 2.45) is 0 Å². The van der Waals surface area contributed by atoms with E-state index in [4.69, 9.17) is 23.2 Å². The van der Waals surface area contributed by atoms with Gasteiger partial charge in [-0.05, 0) is 51.4 Å². The van der Waals surface area contributed by atoms with Gasteiger partial charge in [-0.3, -0.25) is 4.90 Å². The number of nitrogens with zero attached hydrogens (tertiary/aromatic N) is 1. The van der Waals surface area contributed by atoms with Crippen LogP contribution in [-0.4, -0.2) is 30.1 Å². The van der Waals surface area contributed by atoms with Crippen LogP contribution in [0.4, 0.5) is 0 Å². The fraction of sp³-hybridized carbons (Fsp3) is 0.600. The number of benzene rings is 1. The van der Waals surface area contributed by atoms with Crippen LogP contribution in [0.3, 0.4) is 0 Å². The summed E-state index contributed by atoms with van der Waals surface area (Å²) in [5.74, 6) is 0. The third-order valence-electron chi connectivity index (χ3n) is 3.86. The lowest BCUT2D eigenvalue weighted by Gasteiger charge is -2.23. The van der Waals surface area contributed by atoms with Crippen LogP contribution in [0.15, 0.2) is 18.2 Å².